The average molecular weight is 322 g/mol. The zero-order chi connectivity index (χ0) is 16.6. The predicted octanol–water partition coefficient (Wildman–Crippen LogP) is 4.26. The van der Waals surface area contributed by atoms with E-state index in [1.807, 2.05) is 0 Å². The van der Waals surface area contributed by atoms with Gasteiger partial charge < -0.3 is 9.84 Å². The number of carboxylic acid groups (broad SMARTS) is 1. The van der Waals surface area contributed by atoms with Gasteiger partial charge in [0.05, 0.1) is 12.2 Å². The van der Waals surface area contributed by atoms with Gasteiger partial charge in [0.2, 0.25) is 0 Å². The molecule has 0 radical (unpaired) electrons. The lowest BCUT2D eigenvalue weighted by atomic mass is 9.98. The molecule has 1 aliphatic carbocycles. The summed E-state index contributed by atoms with van der Waals surface area (Å²) in [6.07, 6.45) is 2.17. The Bertz CT molecular complexity index is 770. The molecule has 0 aromatic heterocycles. The first kappa shape index (κ1) is 15.4. The molecule has 2 aromatic carbocycles. The van der Waals surface area contributed by atoms with Crippen LogP contribution in [0.2, 0.25) is 0 Å². The molecule has 0 unspecified atom stereocenters. The monoisotopic (exact) mass is 322 g/mol. The highest BCUT2D eigenvalue weighted by Crippen LogP contribution is 2.33. The van der Waals surface area contributed by atoms with Crippen molar-refractivity contribution >= 4 is 5.97 Å². The molecule has 0 aliphatic heterocycles. The summed E-state index contributed by atoms with van der Waals surface area (Å²) in [5.74, 6) is -4.06. The molecule has 120 valence electrons. The maximum absolute atomic E-state index is 13.9. The number of carbonyl (C=O) groups is 1. The maximum Gasteiger partial charge on any atom is 0.336 e. The van der Waals surface area contributed by atoms with Crippen LogP contribution >= 0.6 is 0 Å². The molecule has 0 amide bonds. The lowest BCUT2D eigenvalue weighted by Gasteiger charge is -2.11. The minimum absolute atomic E-state index is 0.0346. The number of hydrogen-bond acceptors (Lipinski definition) is 2. The van der Waals surface area contributed by atoms with E-state index in [4.69, 9.17) is 4.74 Å². The SMILES string of the molecule is O=C(O)c1cc(OCC2CC2)ccc1-c1cc(F)c(F)cc1F. The molecule has 1 aliphatic rings. The minimum Gasteiger partial charge on any atom is -0.493 e. The lowest BCUT2D eigenvalue weighted by molar-refractivity contribution is 0.0697. The van der Waals surface area contributed by atoms with E-state index in [0.717, 1.165) is 12.8 Å². The molecular formula is C17H13F3O3. The van der Waals surface area contributed by atoms with Crippen molar-refractivity contribution in [1.29, 1.82) is 0 Å². The zero-order valence-corrected chi connectivity index (χ0v) is 12.0. The van der Waals surface area contributed by atoms with E-state index in [1.54, 1.807) is 0 Å². The van der Waals surface area contributed by atoms with Gasteiger partial charge in [-0.2, -0.15) is 0 Å². The summed E-state index contributed by atoms with van der Waals surface area (Å²) in [5.41, 5.74) is -0.578. The van der Waals surface area contributed by atoms with E-state index in [-0.39, 0.29) is 16.7 Å². The van der Waals surface area contributed by atoms with Crippen molar-refractivity contribution in [3.8, 4) is 16.9 Å². The molecule has 6 heteroatoms. The molecular weight excluding hydrogens is 309 g/mol. The first-order valence-electron chi connectivity index (χ1n) is 7.10. The van der Waals surface area contributed by atoms with Crippen molar-refractivity contribution in [2.45, 2.75) is 12.8 Å². The van der Waals surface area contributed by atoms with Crippen molar-refractivity contribution in [2.75, 3.05) is 6.61 Å². The molecule has 0 saturated heterocycles. The van der Waals surface area contributed by atoms with E-state index in [9.17, 15) is 23.1 Å². The number of ether oxygens (including phenoxy) is 1. The first-order valence-corrected chi connectivity index (χ1v) is 7.10. The quantitative estimate of drug-likeness (QED) is 0.837. The molecule has 0 spiro atoms. The van der Waals surface area contributed by atoms with E-state index >= 15 is 0 Å². The average Bonchev–Trinajstić information content (AvgIpc) is 3.33. The minimum atomic E-state index is -1.33. The largest absolute Gasteiger partial charge is 0.493 e. The van der Waals surface area contributed by atoms with Gasteiger partial charge in [-0.3, -0.25) is 0 Å². The topological polar surface area (TPSA) is 46.5 Å². The Morgan fingerprint density at radius 2 is 1.74 bits per heavy atom. The highest BCUT2D eigenvalue weighted by molar-refractivity contribution is 5.96. The van der Waals surface area contributed by atoms with E-state index < -0.39 is 23.4 Å². The highest BCUT2D eigenvalue weighted by Gasteiger charge is 2.23. The number of hydrogen-bond donors (Lipinski definition) is 1. The Balaban J connectivity index is 2.00. The summed E-state index contributed by atoms with van der Waals surface area (Å²) in [4.78, 5) is 11.4. The fraction of sp³-hybridized carbons (Fsp3) is 0.235. The molecule has 2 aromatic rings. The summed E-state index contributed by atoms with van der Waals surface area (Å²) in [6, 6.07) is 5.14. The smallest absolute Gasteiger partial charge is 0.336 e. The molecule has 3 nitrogen and oxygen atoms in total. The molecule has 0 bridgehead atoms. The van der Waals surface area contributed by atoms with Crippen molar-refractivity contribution in [2.24, 2.45) is 5.92 Å². The number of halogens is 3. The fourth-order valence-corrected chi connectivity index (χ4v) is 2.25. The Labute approximate surface area is 130 Å². The Hall–Kier alpha value is -2.50. The second kappa shape index (κ2) is 5.95. The number of rotatable bonds is 5. The zero-order valence-electron chi connectivity index (χ0n) is 12.0. The van der Waals surface area contributed by atoms with Crippen LogP contribution in [0.4, 0.5) is 13.2 Å². The van der Waals surface area contributed by atoms with Gasteiger partial charge in [-0.15, -0.1) is 0 Å². The normalized spacial score (nSPS) is 13.9. The third kappa shape index (κ3) is 3.31. The molecule has 0 heterocycles. The molecule has 1 N–H and O–H groups in total. The van der Waals surface area contributed by atoms with Crippen LogP contribution in [0.1, 0.15) is 23.2 Å². The standard InChI is InChI=1S/C17H13F3O3/c18-14-7-16(20)15(19)6-12(14)11-4-3-10(5-13(11)17(21)22)23-8-9-1-2-9/h3-7,9H,1-2,8H2,(H,21,22). The van der Waals surface area contributed by atoms with Gasteiger partial charge in [0.1, 0.15) is 11.6 Å². The maximum atomic E-state index is 13.9. The second-order valence-corrected chi connectivity index (χ2v) is 5.51. The van der Waals surface area contributed by atoms with E-state index in [1.165, 1.54) is 18.2 Å². The molecule has 1 fully saturated rings. The third-order valence-corrected chi connectivity index (χ3v) is 3.70. The van der Waals surface area contributed by atoms with Crippen molar-refractivity contribution in [3.05, 3.63) is 53.3 Å². The Morgan fingerprint density at radius 3 is 2.39 bits per heavy atom. The third-order valence-electron chi connectivity index (χ3n) is 3.70. The summed E-state index contributed by atoms with van der Waals surface area (Å²) in [6.45, 7) is 0.498. The van der Waals surface area contributed by atoms with E-state index in [2.05, 4.69) is 0 Å². The van der Waals surface area contributed by atoms with Gasteiger partial charge in [0.15, 0.2) is 11.6 Å². The van der Waals surface area contributed by atoms with Crippen molar-refractivity contribution in [1.82, 2.24) is 0 Å². The molecule has 1 saturated carbocycles. The van der Waals surface area contributed by atoms with Gasteiger partial charge in [-0.25, -0.2) is 18.0 Å². The van der Waals surface area contributed by atoms with Crippen LogP contribution in [0.5, 0.6) is 5.75 Å². The van der Waals surface area contributed by atoms with Crippen LogP contribution < -0.4 is 4.74 Å². The summed E-state index contributed by atoms with van der Waals surface area (Å²) in [7, 11) is 0. The summed E-state index contributed by atoms with van der Waals surface area (Å²) in [5, 5.41) is 9.31. The van der Waals surface area contributed by atoms with Gasteiger partial charge >= 0.3 is 5.97 Å². The summed E-state index contributed by atoms with van der Waals surface area (Å²) < 4.78 is 45.8. The van der Waals surface area contributed by atoms with Crippen LogP contribution in [0.15, 0.2) is 30.3 Å². The summed E-state index contributed by atoms with van der Waals surface area (Å²) >= 11 is 0. The fourth-order valence-electron chi connectivity index (χ4n) is 2.25. The Kier molecular flexibility index (Phi) is 3.98. The van der Waals surface area contributed by atoms with Crippen molar-refractivity contribution in [3.63, 3.8) is 0 Å². The number of carboxylic acids is 1. The van der Waals surface area contributed by atoms with Gasteiger partial charge in [-0.1, -0.05) is 0 Å². The predicted molar refractivity (Wildman–Crippen MR) is 76.9 cm³/mol. The molecule has 0 atom stereocenters. The van der Waals surface area contributed by atoms with Gasteiger partial charge in [0.25, 0.3) is 0 Å². The highest BCUT2D eigenvalue weighted by atomic mass is 19.2. The van der Waals surface area contributed by atoms with E-state index in [0.29, 0.717) is 30.4 Å². The number of aromatic carboxylic acids is 1. The Morgan fingerprint density at radius 1 is 1.04 bits per heavy atom. The lowest BCUT2D eigenvalue weighted by Crippen LogP contribution is -2.04. The van der Waals surface area contributed by atoms with Crippen LogP contribution in [-0.4, -0.2) is 17.7 Å². The van der Waals surface area contributed by atoms with Gasteiger partial charge in [0, 0.05) is 11.6 Å². The van der Waals surface area contributed by atoms with Gasteiger partial charge in [-0.05, 0) is 48.6 Å². The van der Waals surface area contributed by atoms with Crippen LogP contribution in [0.25, 0.3) is 11.1 Å². The van der Waals surface area contributed by atoms with Crippen LogP contribution in [0, 0.1) is 23.4 Å². The first-order chi connectivity index (χ1) is 11.0. The van der Waals surface area contributed by atoms with Crippen molar-refractivity contribution < 1.29 is 27.8 Å². The van der Waals surface area contributed by atoms with Crippen LogP contribution in [-0.2, 0) is 0 Å². The second-order valence-electron chi connectivity index (χ2n) is 5.51. The van der Waals surface area contributed by atoms with Crippen LogP contribution in [0.3, 0.4) is 0 Å². The number of benzene rings is 2. The molecule has 23 heavy (non-hydrogen) atoms. The molecule has 3 rings (SSSR count).